The van der Waals surface area contributed by atoms with Crippen LogP contribution in [0.4, 0.5) is 0 Å². The summed E-state index contributed by atoms with van der Waals surface area (Å²) in [6.07, 6.45) is 3.98. The third-order valence-corrected chi connectivity index (χ3v) is 4.28. The van der Waals surface area contributed by atoms with Crippen molar-refractivity contribution >= 4 is 16.9 Å². The molecule has 17 heavy (non-hydrogen) atoms. The molecule has 2 rings (SSSR count). The zero-order valence-electron chi connectivity index (χ0n) is 10.9. The molecule has 4 heteroatoms. The van der Waals surface area contributed by atoms with Crippen LogP contribution in [0.15, 0.2) is 4.99 Å². The Morgan fingerprint density at radius 1 is 1.41 bits per heavy atom. The lowest BCUT2D eigenvalue weighted by Crippen LogP contribution is -2.41. The van der Waals surface area contributed by atoms with Crippen LogP contribution < -0.4 is 5.32 Å². The van der Waals surface area contributed by atoms with Crippen LogP contribution in [0.1, 0.15) is 33.1 Å². The van der Waals surface area contributed by atoms with Gasteiger partial charge in [0.05, 0.1) is 13.2 Å². The predicted octanol–water partition coefficient (Wildman–Crippen LogP) is 2.52. The summed E-state index contributed by atoms with van der Waals surface area (Å²) in [5, 5.41) is 4.64. The maximum atomic E-state index is 5.58. The lowest BCUT2D eigenvalue weighted by Gasteiger charge is -2.28. The van der Waals surface area contributed by atoms with E-state index in [-0.39, 0.29) is 0 Å². The molecule has 1 N–H and O–H groups in total. The maximum absolute atomic E-state index is 5.58. The molecule has 0 aromatic heterocycles. The molecule has 1 saturated carbocycles. The van der Waals surface area contributed by atoms with E-state index in [9.17, 15) is 0 Å². The molecule has 1 aliphatic carbocycles. The van der Waals surface area contributed by atoms with Gasteiger partial charge in [0.25, 0.3) is 0 Å². The van der Waals surface area contributed by atoms with Crippen LogP contribution >= 0.6 is 11.8 Å². The molecular weight excluding hydrogens is 232 g/mol. The van der Waals surface area contributed by atoms with Gasteiger partial charge in [-0.05, 0) is 31.1 Å². The fourth-order valence-corrected chi connectivity index (χ4v) is 2.87. The molecule has 0 aromatic carbocycles. The van der Waals surface area contributed by atoms with Crippen LogP contribution in [0.25, 0.3) is 0 Å². The van der Waals surface area contributed by atoms with Crippen LogP contribution in [-0.2, 0) is 4.74 Å². The van der Waals surface area contributed by atoms with Crippen LogP contribution in [-0.4, -0.2) is 36.7 Å². The lowest BCUT2D eigenvalue weighted by molar-refractivity contribution is 0.132. The fourth-order valence-electron chi connectivity index (χ4n) is 1.89. The molecule has 0 bridgehead atoms. The number of ether oxygens (including phenoxy) is 1. The average molecular weight is 256 g/mol. The number of amidine groups is 1. The second-order valence-corrected chi connectivity index (χ2v) is 6.42. The van der Waals surface area contributed by atoms with E-state index in [1.807, 2.05) is 11.8 Å². The van der Waals surface area contributed by atoms with E-state index < -0.39 is 0 Å². The first-order chi connectivity index (χ1) is 8.25. The summed E-state index contributed by atoms with van der Waals surface area (Å²) in [7, 11) is 0. The van der Waals surface area contributed by atoms with Crippen molar-refractivity contribution in [2.24, 2.45) is 16.8 Å². The van der Waals surface area contributed by atoms with Gasteiger partial charge in [0, 0.05) is 18.4 Å². The Balaban J connectivity index is 1.61. The lowest BCUT2D eigenvalue weighted by atomic mass is 10.0. The van der Waals surface area contributed by atoms with Gasteiger partial charge in [-0.15, -0.1) is 0 Å². The number of hydrogen-bond donors (Lipinski definition) is 1. The highest BCUT2D eigenvalue weighted by molar-refractivity contribution is 8.13. The van der Waals surface area contributed by atoms with Gasteiger partial charge in [0.2, 0.25) is 0 Å². The topological polar surface area (TPSA) is 33.6 Å². The van der Waals surface area contributed by atoms with Crippen molar-refractivity contribution in [3.8, 4) is 0 Å². The first kappa shape index (κ1) is 13.2. The molecule has 1 unspecified atom stereocenters. The van der Waals surface area contributed by atoms with Crippen molar-refractivity contribution in [1.82, 2.24) is 5.32 Å². The Bertz CT molecular complexity index is 264. The molecule has 98 valence electrons. The number of nitrogens with zero attached hydrogens (tertiary/aromatic N) is 1. The van der Waals surface area contributed by atoms with Gasteiger partial charge in [-0.1, -0.05) is 25.6 Å². The largest absolute Gasteiger partial charge is 0.379 e. The van der Waals surface area contributed by atoms with Gasteiger partial charge >= 0.3 is 0 Å². The second kappa shape index (κ2) is 6.64. The van der Waals surface area contributed by atoms with Crippen molar-refractivity contribution in [1.29, 1.82) is 0 Å². The van der Waals surface area contributed by atoms with E-state index in [0.717, 1.165) is 30.8 Å². The summed E-state index contributed by atoms with van der Waals surface area (Å²) in [6.45, 7) is 7.05. The molecule has 0 radical (unpaired) electrons. The van der Waals surface area contributed by atoms with Gasteiger partial charge < -0.3 is 10.1 Å². The van der Waals surface area contributed by atoms with Crippen LogP contribution in [0, 0.1) is 11.8 Å². The SMILES string of the molecule is CC(C)C1CCSC(=NCCOCC2CC2)N1. The van der Waals surface area contributed by atoms with E-state index in [2.05, 4.69) is 24.2 Å². The molecule has 1 aliphatic heterocycles. The van der Waals surface area contributed by atoms with Gasteiger partial charge in [-0.3, -0.25) is 4.99 Å². The summed E-state index contributed by atoms with van der Waals surface area (Å²) in [5.74, 6) is 2.74. The molecule has 2 fully saturated rings. The van der Waals surface area contributed by atoms with Crippen molar-refractivity contribution in [3.05, 3.63) is 0 Å². The van der Waals surface area contributed by atoms with Crippen molar-refractivity contribution < 1.29 is 4.74 Å². The summed E-state index contributed by atoms with van der Waals surface area (Å²) < 4.78 is 5.58. The van der Waals surface area contributed by atoms with E-state index in [1.54, 1.807) is 0 Å². The Kier molecular flexibility index (Phi) is 5.16. The number of nitrogens with one attached hydrogen (secondary N) is 1. The number of aliphatic imine (C=N–C) groups is 1. The van der Waals surface area contributed by atoms with E-state index in [0.29, 0.717) is 12.0 Å². The zero-order valence-corrected chi connectivity index (χ0v) is 11.8. The quantitative estimate of drug-likeness (QED) is 0.741. The Morgan fingerprint density at radius 3 is 2.94 bits per heavy atom. The normalized spacial score (nSPS) is 27.5. The Labute approximate surface area is 109 Å². The summed E-state index contributed by atoms with van der Waals surface area (Å²) >= 11 is 1.84. The molecule has 1 atom stereocenters. The molecule has 0 aromatic rings. The molecule has 0 spiro atoms. The average Bonchev–Trinajstić information content (AvgIpc) is 3.13. The number of rotatable bonds is 6. The van der Waals surface area contributed by atoms with E-state index in [4.69, 9.17) is 4.74 Å². The van der Waals surface area contributed by atoms with Gasteiger partial charge in [-0.2, -0.15) is 0 Å². The molecule has 2 aliphatic rings. The first-order valence-electron chi connectivity index (χ1n) is 6.77. The monoisotopic (exact) mass is 256 g/mol. The molecule has 0 amide bonds. The van der Waals surface area contributed by atoms with Gasteiger partial charge in [0.1, 0.15) is 0 Å². The summed E-state index contributed by atoms with van der Waals surface area (Å²) in [5.41, 5.74) is 0. The molecule has 3 nitrogen and oxygen atoms in total. The van der Waals surface area contributed by atoms with E-state index in [1.165, 1.54) is 25.0 Å². The van der Waals surface area contributed by atoms with E-state index >= 15 is 0 Å². The summed E-state index contributed by atoms with van der Waals surface area (Å²) in [6, 6.07) is 0.599. The van der Waals surface area contributed by atoms with Gasteiger partial charge in [0.15, 0.2) is 5.17 Å². The predicted molar refractivity (Wildman–Crippen MR) is 74.7 cm³/mol. The minimum Gasteiger partial charge on any atom is -0.379 e. The fraction of sp³-hybridized carbons (Fsp3) is 0.923. The number of hydrogen-bond acceptors (Lipinski definition) is 3. The minimum absolute atomic E-state index is 0.599. The van der Waals surface area contributed by atoms with Crippen LogP contribution in [0.5, 0.6) is 0 Å². The standard InChI is InChI=1S/C13H24N2OS/c1-10(2)12-5-8-17-13(15-12)14-6-7-16-9-11-3-4-11/h10-12H,3-9H2,1-2H3,(H,14,15). The highest BCUT2D eigenvalue weighted by Crippen LogP contribution is 2.28. The minimum atomic E-state index is 0.599. The highest BCUT2D eigenvalue weighted by atomic mass is 32.2. The zero-order chi connectivity index (χ0) is 12.1. The van der Waals surface area contributed by atoms with Gasteiger partial charge in [-0.25, -0.2) is 0 Å². The van der Waals surface area contributed by atoms with Crippen molar-refractivity contribution in [2.75, 3.05) is 25.5 Å². The Hall–Kier alpha value is -0.220. The van der Waals surface area contributed by atoms with Crippen molar-refractivity contribution in [2.45, 2.75) is 39.2 Å². The Morgan fingerprint density at radius 2 is 2.24 bits per heavy atom. The first-order valence-corrected chi connectivity index (χ1v) is 7.76. The van der Waals surface area contributed by atoms with Crippen LogP contribution in [0.3, 0.4) is 0 Å². The third-order valence-electron chi connectivity index (χ3n) is 3.32. The third kappa shape index (κ3) is 4.88. The van der Waals surface area contributed by atoms with Crippen molar-refractivity contribution in [3.63, 3.8) is 0 Å². The molecular formula is C13H24N2OS. The number of thioether (sulfide) groups is 1. The summed E-state index contributed by atoms with van der Waals surface area (Å²) in [4.78, 5) is 4.58. The maximum Gasteiger partial charge on any atom is 0.156 e. The molecule has 1 saturated heterocycles. The van der Waals surface area contributed by atoms with Crippen LogP contribution in [0.2, 0.25) is 0 Å². The second-order valence-electron chi connectivity index (χ2n) is 5.34. The smallest absolute Gasteiger partial charge is 0.156 e. The highest BCUT2D eigenvalue weighted by Gasteiger charge is 2.21. The molecule has 1 heterocycles.